The third-order valence-corrected chi connectivity index (χ3v) is 8.82. The van der Waals surface area contributed by atoms with Gasteiger partial charge < -0.3 is 0 Å². The third kappa shape index (κ3) is 4.60. The van der Waals surface area contributed by atoms with Gasteiger partial charge in [-0.15, -0.1) is 0 Å². The lowest BCUT2D eigenvalue weighted by molar-refractivity contribution is 0.121. The van der Waals surface area contributed by atoms with Crippen LogP contribution in [0, 0.1) is 0 Å². The summed E-state index contributed by atoms with van der Waals surface area (Å²) in [6.45, 7) is 3.17. The van der Waals surface area contributed by atoms with Crippen molar-refractivity contribution in [3.8, 4) is 0 Å². The van der Waals surface area contributed by atoms with Crippen LogP contribution >= 0.6 is 0 Å². The first-order valence-electron chi connectivity index (χ1n) is 12.6. The Morgan fingerprint density at radius 3 is 1.68 bits per heavy atom. The summed E-state index contributed by atoms with van der Waals surface area (Å²) in [5.74, 6) is 0. The molecule has 1 aromatic heterocycles. The molecule has 37 heavy (non-hydrogen) atoms. The van der Waals surface area contributed by atoms with Crippen LogP contribution in [-0.4, -0.2) is 35.3 Å². The lowest BCUT2D eigenvalue weighted by Crippen LogP contribution is -2.33. The van der Waals surface area contributed by atoms with E-state index in [1.807, 2.05) is 42.5 Å². The van der Waals surface area contributed by atoms with Crippen molar-refractivity contribution in [1.29, 1.82) is 0 Å². The Kier molecular flexibility index (Phi) is 6.38. The molecular formula is C31H29N3O2S. The van der Waals surface area contributed by atoms with Gasteiger partial charge in [-0.2, -0.15) is 0 Å². The average molecular weight is 508 g/mol. The van der Waals surface area contributed by atoms with E-state index in [0.717, 1.165) is 37.3 Å². The molecule has 0 aliphatic carbocycles. The highest BCUT2D eigenvalue weighted by molar-refractivity contribution is 7.90. The van der Waals surface area contributed by atoms with Crippen molar-refractivity contribution in [3.05, 3.63) is 138 Å². The molecule has 1 aliphatic rings. The molecule has 1 aliphatic heterocycles. The van der Waals surface area contributed by atoms with Gasteiger partial charge in [0.25, 0.3) is 10.0 Å². The van der Waals surface area contributed by atoms with Crippen LogP contribution in [0.25, 0.3) is 10.9 Å². The van der Waals surface area contributed by atoms with E-state index >= 15 is 0 Å². The molecule has 5 nitrogen and oxygen atoms in total. The van der Waals surface area contributed by atoms with Gasteiger partial charge in [0, 0.05) is 31.6 Å². The van der Waals surface area contributed by atoms with E-state index in [9.17, 15) is 8.42 Å². The largest absolute Gasteiger partial charge is 0.277 e. The Bertz CT molecular complexity index is 1550. The summed E-state index contributed by atoms with van der Waals surface area (Å²) < 4.78 is 29.9. The second-order valence-electron chi connectivity index (χ2n) is 9.50. The molecule has 6 heteroatoms. The van der Waals surface area contributed by atoms with Crippen molar-refractivity contribution < 1.29 is 8.42 Å². The van der Waals surface area contributed by atoms with Crippen LogP contribution < -0.4 is 0 Å². The van der Waals surface area contributed by atoms with Crippen LogP contribution in [0.1, 0.15) is 23.0 Å². The van der Waals surface area contributed by atoms with Gasteiger partial charge in [-0.25, -0.2) is 12.4 Å². The molecular weight excluding hydrogens is 478 g/mol. The number of fused-ring (bicyclic) bond motifs is 1. The fourth-order valence-electron chi connectivity index (χ4n) is 5.37. The van der Waals surface area contributed by atoms with Crippen LogP contribution in [0.5, 0.6) is 0 Å². The maximum Gasteiger partial charge on any atom is 0.268 e. The van der Waals surface area contributed by atoms with Crippen molar-refractivity contribution in [2.45, 2.75) is 24.2 Å². The Morgan fingerprint density at radius 1 is 0.622 bits per heavy atom. The minimum absolute atomic E-state index is 0.203. The van der Waals surface area contributed by atoms with Crippen molar-refractivity contribution in [2.75, 3.05) is 13.1 Å². The highest BCUT2D eigenvalue weighted by atomic mass is 32.2. The van der Waals surface area contributed by atoms with Crippen molar-refractivity contribution >= 4 is 20.9 Å². The molecule has 186 valence electrons. The summed E-state index contributed by atoms with van der Waals surface area (Å²) in [5.41, 5.74) is 3.90. The van der Waals surface area contributed by atoms with Gasteiger partial charge in [-0.3, -0.25) is 9.80 Å². The molecule has 0 amide bonds. The molecule has 2 heterocycles. The maximum atomic E-state index is 14.1. The van der Waals surface area contributed by atoms with Gasteiger partial charge in [0.05, 0.1) is 16.1 Å². The van der Waals surface area contributed by atoms with Crippen LogP contribution in [-0.2, 0) is 23.1 Å². The Morgan fingerprint density at radius 2 is 1.11 bits per heavy atom. The lowest BCUT2D eigenvalue weighted by atomic mass is 10.1. The molecule has 0 atom stereocenters. The lowest BCUT2D eigenvalue weighted by Gasteiger charge is -2.31. The molecule has 0 spiro atoms. The predicted molar refractivity (Wildman–Crippen MR) is 147 cm³/mol. The van der Waals surface area contributed by atoms with Crippen molar-refractivity contribution in [1.82, 2.24) is 13.8 Å². The summed E-state index contributed by atoms with van der Waals surface area (Å²) in [6, 6.07) is 39.4. The van der Waals surface area contributed by atoms with Gasteiger partial charge >= 0.3 is 0 Å². The van der Waals surface area contributed by atoms with E-state index < -0.39 is 10.0 Å². The second kappa shape index (κ2) is 9.98. The first-order valence-corrected chi connectivity index (χ1v) is 14.0. The van der Waals surface area contributed by atoms with Gasteiger partial charge in [0.15, 0.2) is 0 Å². The highest BCUT2D eigenvalue weighted by Gasteiger charge is 2.38. The fourth-order valence-corrected chi connectivity index (χ4v) is 6.93. The van der Waals surface area contributed by atoms with E-state index in [1.54, 1.807) is 28.2 Å². The number of nitrogens with zero attached hydrogens (tertiary/aromatic N) is 3. The standard InChI is InChI=1S/C31H29N3O2S/c35-37(36,28-17-8-3-9-18-28)34-29-19-11-10-16-27(29)22-30(34)31-32(23-25-12-4-1-5-13-25)20-21-33(31)24-26-14-6-2-7-15-26/h1-19,22,31H,20-21,23-24H2. The number of hydrogen-bond acceptors (Lipinski definition) is 4. The van der Waals surface area contributed by atoms with E-state index in [4.69, 9.17) is 0 Å². The van der Waals surface area contributed by atoms with E-state index in [2.05, 4.69) is 64.4 Å². The summed E-state index contributed by atoms with van der Waals surface area (Å²) in [7, 11) is -3.82. The van der Waals surface area contributed by atoms with Crippen LogP contribution in [0.3, 0.4) is 0 Å². The zero-order valence-electron chi connectivity index (χ0n) is 20.5. The fraction of sp³-hybridized carbons (Fsp3) is 0.161. The Hall–Kier alpha value is -3.71. The predicted octanol–water partition coefficient (Wildman–Crippen LogP) is 5.89. The average Bonchev–Trinajstić information content (AvgIpc) is 3.51. The van der Waals surface area contributed by atoms with E-state index in [-0.39, 0.29) is 6.17 Å². The first kappa shape index (κ1) is 23.7. The Labute approximate surface area is 218 Å². The zero-order valence-corrected chi connectivity index (χ0v) is 21.3. The minimum Gasteiger partial charge on any atom is -0.277 e. The number of para-hydroxylation sites is 1. The highest BCUT2D eigenvalue weighted by Crippen LogP contribution is 2.38. The van der Waals surface area contributed by atoms with Gasteiger partial charge in [-0.05, 0) is 35.4 Å². The Balaban J connectivity index is 1.51. The topological polar surface area (TPSA) is 45.6 Å². The minimum atomic E-state index is -3.82. The van der Waals surface area contributed by atoms with E-state index in [0.29, 0.717) is 10.4 Å². The molecule has 1 saturated heterocycles. The first-order chi connectivity index (χ1) is 18.1. The molecule has 0 saturated carbocycles. The molecule has 0 radical (unpaired) electrons. The molecule has 6 rings (SSSR count). The molecule has 5 aromatic rings. The number of benzene rings is 4. The molecule has 4 aromatic carbocycles. The van der Waals surface area contributed by atoms with Gasteiger partial charge in [0.2, 0.25) is 0 Å². The van der Waals surface area contributed by atoms with Crippen molar-refractivity contribution in [3.63, 3.8) is 0 Å². The summed E-state index contributed by atoms with van der Waals surface area (Å²) in [4.78, 5) is 5.08. The summed E-state index contributed by atoms with van der Waals surface area (Å²) >= 11 is 0. The van der Waals surface area contributed by atoms with Gasteiger partial charge in [0.1, 0.15) is 6.17 Å². The summed E-state index contributed by atoms with van der Waals surface area (Å²) in [6.07, 6.45) is -0.203. The molecule has 1 fully saturated rings. The second-order valence-corrected chi connectivity index (χ2v) is 11.3. The summed E-state index contributed by atoms with van der Waals surface area (Å²) in [5, 5.41) is 0.920. The molecule has 0 unspecified atom stereocenters. The number of rotatable bonds is 7. The number of hydrogen-bond donors (Lipinski definition) is 0. The van der Waals surface area contributed by atoms with Crippen LogP contribution in [0.2, 0.25) is 0 Å². The van der Waals surface area contributed by atoms with Crippen LogP contribution in [0.4, 0.5) is 0 Å². The molecule has 0 bridgehead atoms. The smallest absolute Gasteiger partial charge is 0.268 e. The normalized spacial score (nSPS) is 15.5. The SMILES string of the molecule is O=S(=O)(c1ccccc1)n1c(C2N(Cc3ccccc3)CCN2Cc2ccccc2)cc2ccccc21. The quantitative estimate of drug-likeness (QED) is 0.275. The third-order valence-electron chi connectivity index (χ3n) is 7.06. The van der Waals surface area contributed by atoms with Crippen molar-refractivity contribution in [2.24, 2.45) is 0 Å². The van der Waals surface area contributed by atoms with Crippen LogP contribution in [0.15, 0.2) is 126 Å². The maximum absolute atomic E-state index is 14.1. The van der Waals surface area contributed by atoms with Gasteiger partial charge in [-0.1, -0.05) is 97.1 Å². The number of aromatic nitrogens is 1. The monoisotopic (exact) mass is 507 g/mol. The van der Waals surface area contributed by atoms with E-state index in [1.165, 1.54) is 11.1 Å². The molecule has 0 N–H and O–H groups in total. The zero-order chi connectivity index (χ0) is 25.2.